The normalized spacial score (nSPS) is 15.8. The van der Waals surface area contributed by atoms with Gasteiger partial charge in [-0.1, -0.05) is 41.9 Å². The van der Waals surface area contributed by atoms with Gasteiger partial charge in [0.15, 0.2) is 0 Å². The molecule has 1 unspecified atom stereocenters. The van der Waals surface area contributed by atoms with Gasteiger partial charge in [0.25, 0.3) is 0 Å². The van der Waals surface area contributed by atoms with Gasteiger partial charge in [-0.2, -0.15) is 0 Å². The molecule has 3 aromatic rings. The topological polar surface area (TPSA) is 3.24 Å². The molecule has 0 saturated heterocycles. The second-order valence-corrected chi connectivity index (χ2v) is 7.87. The van der Waals surface area contributed by atoms with E-state index in [4.69, 9.17) is 11.6 Å². The predicted molar refractivity (Wildman–Crippen MR) is 103 cm³/mol. The molecule has 0 saturated carbocycles. The molecule has 1 atom stereocenters. The smallest absolute Gasteiger partial charge is 0.123 e. The van der Waals surface area contributed by atoms with E-state index >= 15 is 0 Å². The van der Waals surface area contributed by atoms with Crippen LogP contribution in [0.1, 0.15) is 27.6 Å². The Morgan fingerprint density at radius 3 is 2.68 bits per heavy atom. The van der Waals surface area contributed by atoms with Gasteiger partial charge in [0.2, 0.25) is 0 Å². The monoisotopic (exact) mass is 371 g/mol. The van der Waals surface area contributed by atoms with Crippen LogP contribution in [0.25, 0.3) is 0 Å². The molecule has 0 radical (unpaired) electrons. The molecule has 1 nitrogen and oxygen atoms in total. The average Bonchev–Trinajstić information content (AvgIpc) is 3.10. The first-order valence-electron chi connectivity index (χ1n) is 8.49. The van der Waals surface area contributed by atoms with E-state index in [-0.39, 0.29) is 11.9 Å². The van der Waals surface area contributed by atoms with E-state index in [1.54, 1.807) is 0 Å². The number of halogens is 2. The van der Waals surface area contributed by atoms with E-state index in [9.17, 15) is 4.39 Å². The highest BCUT2D eigenvalue weighted by atomic mass is 35.5. The van der Waals surface area contributed by atoms with E-state index in [2.05, 4.69) is 22.4 Å². The molecule has 128 valence electrons. The van der Waals surface area contributed by atoms with Crippen molar-refractivity contribution >= 4 is 22.9 Å². The molecule has 0 bridgehead atoms. The third-order valence-electron chi connectivity index (χ3n) is 4.88. The number of nitrogens with zero attached hydrogens (tertiary/aromatic N) is 1. The molecule has 1 aliphatic rings. The molecule has 25 heavy (non-hydrogen) atoms. The van der Waals surface area contributed by atoms with Gasteiger partial charge in [-0.05, 0) is 59.2 Å². The molecule has 4 heteroatoms. The highest BCUT2D eigenvalue weighted by Gasteiger charge is 2.27. The Balaban J connectivity index is 1.66. The second-order valence-electron chi connectivity index (χ2n) is 6.46. The Bertz CT molecular complexity index is 858. The third-order valence-corrected chi connectivity index (χ3v) is 6.25. The Morgan fingerprint density at radius 2 is 1.88 bits per heavy atom. The minimum absolute atomic E-state index is 0.187. The lowest BCUT2D eigenvalue weighted by molar-refractivity contribution is 0.179. The largest absolute Gasteiger partial charge is 0.291 e. The predicted octanol–water partition coefficient (Wildman–Crippen LogP) is 5.88. The summed E-state index contributed by atoms with van der Waals surface area (Å²) in [5.74, 6) is -0.195. The van der Waals surface area contributed by atoms with Crippen molar-refractivity contribution in [3.8, 4) is 0 Å². The summed E-state index contributed by atoms with van der Waals surface area (Å²) in [6.45, 7) is 1.96. The van der Waals surface area contributed by atoms with Crippen LogP contribution in [0.15, 0.2) is 60.0 Å². The lowest BCUT2D eigenvalue weighted by Gasteiger charge is -2.35. The molecular formula is C21H19ClFNS. The summed E-state index contributed by atoms with van der Waals surface area (Å²) in [7, 11) is 0. The van der Waals surface area contributed by atoms with Crippen molar-refractivity contribution < 1.29 is 4.39 Å². The molecule has 0 amide bonds. The number of benzene rings is 2. The van der Waals surface area contributed by atoms with E-state index in [0.29, 0.717) is 0 Å². The van der Waals surface area contributed by atoms with Gasteiger partial charge in [0.05, 0.1) is 0 Å². The van der Waals surface area contributed by atoms with E-state index in [0.717, 1.165) is 42.1 Å². The summed E-state index contributed by atoms with van der Waals surface area (Å²) < 4.78 is 13.3. The van der Waals surface area contributed by atoms with Crippen molar-refractivity contribution in [3.63, 3.8) is 0 Å². The number of rotatable bonds is 4. The minimum Gasteiger partial charge on any atom is -0.291 e. The van der Waals surface area contributed by atoms with Crippen molar-refractivity contribution in [1.29, 1.82) is 0 Å². The van der Waals surface area contributed by atoms with Crippen molar-refractivity contribution in [2.45, 2.75) is 25.4 Å². The maximum absolute atomic E-state index is 13.3. The molecule has 0 spiro atoms. The van der Waals surface area contributed by atoms with Crippen molar-refractivity contribution in [3.05, 3.63) is 92.4 Å². The van der Waals surface area contributed by atoms with Crippen molar-refractivity contribution in [2.75, 3.05) is 6.54 Å². The standard InChI is InChI=1S/C21H19ClFNS/c22-19-4-2-1-3-18(19)20(13-15-5-7-17(23)8-6-15)24-11-9-21-16(14-24)10-12-25-21/h1-8,10,12,20H,9,11,13-14H2. The van der Waals surface area contributed by atoms with Crippen LogP contribution in [0, 0.1) is 5.82 Å². The minimum atomic E-state index is -0.195. The molecule has 2 heterocycles. The van der Waals surface area contributed by atoms with Crippen LogP contribution in [0.3, 0.4) is 0 Å². The van der Waals surface area contributed by atoms with Crippen LogP contribution in [0.5, 0.6) is 0 Å². The number of hydrogen-bond acceptors (Lipinski definition) is 2. The molecule has 1 aliphatic heterocycles. The highest BCUT2D eigenvalue weighted by Crippen LogP contribution is 2.35. The summed E-state index contributed by atoms with van der Waals surface area (Å²) in [4.78, 5) is 4.00. The molecule has 0 fully saturated rings. The summed E-state index contributed by atoms with van der Waals surface area (Å²) >= 11 is 8.37. The lowest BCUT2D eigenvalue weighted by Crippen LogP contribution is -2.34. The maximum atomic E-state index is 13.3. The van der Waals surface area contributed by atoms with E-state index < -0.39 is 0 Å². The van der Waals surface area contributed by atoms with E-state index in [1.165, 1.54) is 22.6 Å². The second kappa shape index (κ2) is 7.28. The van der Waals surface area contributed by atoms with Gasteiger partial charge in [-0.25, -0.2) is 4.39 Å². The fourth-order valence-electron chi connectivity index (χ4n) is 3.56. The zero-order chi connectivity index (χ0) is 17.2. The average molecular weight is 372 g/mol. The molecule has 4 rings (SSSR count). The zero-order valence-electron chi connectivity index (χ0n) is 13.8. The number of thiophene rings is 1. The quantitative estimate of drug-likeness (QED) is 0.553. The highest BCUT2D eigenvalue weighted by molar-refractivity contribution is 7.10. The Hall–Kier alpha value is -1.68. The summed E-state index contributed by atoms with van der Waals surface area (Å²) in [6.07, 6.45) is 1.90. The van der Waals surface area contributed by atoms with Gasteiger partial charge >= 0.3 is 0 Å². The van der Waals surface area contributed by atoms with Gasteiger partial charge < -0.3 is 0 Å². The summed E-state index contributed by atoms with van der Waals surface area (Å²) in [5, 5.41) is 2.98. The first-order chi connectivity index (χ1) is 12.2. The zero-order valence-corrected chi connectivity index (χ0v) is 15.4. The Morgan fingerprint density at radius 1 is 1.08 bits per heavy atom. The van der Waals surface area contributed by atoms with Crippen LogP contribution in [-0.4, -0.2) is 11.4 Å². The number of fused-ring (bicyclic) bond motifs is 1. The summed E-state index contributed by atoms with van der Waals surface area (Å²) in [5.41, 5.74) is 3.70. The lowest BCUT2D eigenvalue weighted by atomic mass is 9.95. The first-order valence-corrected chi connectivity index (χ1v) is 9.74. The summed E-state index contributed by atoms with van der Waals surface area (Å²) in [6, 6.07) is 17.3. The van der Waals surface area contributed by atoms with Crippen LogP contribution in [0.4, 0.5) is 4.39 Å². The third kappa shape index (κ3) is 3.64. The van der Waals surface area contributed by atoms with E-state index in [1.807, 2.05) is 41.7 Å². The molecule has 0 N–H and O–H groups in total. The van der Waals surface area contributed by atoms with Gasteiger partial charge in [-0.15, -0.1) is 11.3 Å². The van der Waals surface area contributed by atoms with Crippen LogP contribution in [0.2, 0.25) is 5.02 Å². The Kier molecular flexibility index (Phi) is 4.89. The molecule has 1 aromatic heterocycles. The molecule has 2 aromatic carbocycles. The van der Waals surface area contributed by atoms with Gasteiger partial charge in [-0.3, -0.25) is 4.90 Å². The van der Waals surface area contributed by atoms with Crippen LogP contribution < -0.4 is 0 Å². The first kappa shape index (κ1) is 16.8. The maximum Gasteiger partial charge on any atom is 0.123 e. The van der Waals surface area contributed by atoms with Gasteiger partial charge in [0.1, 0.15) is 5.82 Å². The van der Waals surface area contributed by atoms with Gasteiger partial charge in [0, 0.05) is 29.0 Å². The van der Waals surface area contributed by atoms with Crippen molar-refractivity contribution in [1.82, 2.24) is 4.90 Å². The SMILES string of the molecule is Fc1ccc(CC(c2ccccc2Cl)N2CCc3sccc3C2)cc1. The van der Waals surface area contributed by atoms with Crippen molar-refractivity contribution in [2.24, 2.45) is 0 Å². The fraction of sp³-hybridized carbons (Fsp3) is 0.238. The fourth-order valence-corrected chi connectivity index (χ4v) is 4.71. The Labute approximate surface area is 156 Å². The molecular weight excluding hydrogens is 353 g/mol. The number of hydrogen-bond donors (Lipinski definition) is 0. The van der Waals surface area contributed by atoms with Crippen LogP contribution in [-0.2, 0) is 19.4 Å². The molecule has 0 aliphatic carbocycles. The van der Waals surface area contributed by atoms with Crippen LogP contribution >= 0.6 is 22.9 Å².